The summed E-state index contributed by atoms with van der Waals surface area (Å²) in [6.07, 6.45) is 13.0. The van der Waals surface area contributed by atoms with Gasteiger partial charge in [-0.1, -0.05) is 32.1 Å². The lowest BCUT2D eigenvalue weighted by atomic mass is 9.99. The average Bonchev–Trinajstić information content (AvgIpc) is 2.60. The quantitative estimate of drug-likeness (QED) is 0.757. The zero-order valence-electron chi connectivity index (χ0n) is 11.6. The summed E-state index contributed by atoms with van der Waals surface area (Å²) in [5.41, 5.74) is 0. The maximum absolute atomic E-state index is 3.74. The van der Waals surface area contributed by atoms with Crippen LogP contribution < -0.4 is 5.32 Å². The van der Waals surface area contributed by atoms with Crippen LogP contribution in [0.25, 0.3) is 0 Å². The van der Waals surface area contributed by atoms with Crippen LogP contribution in [0.2, 0.25) is 0 Å². The molecule has 100 valence electrons. The van der Waals surface area contributed by atoms with Gasteiger partial charge in [-0.3, -0.25) is 0 Å². The SMILES string of the molecule is CN1CCCCC1CNCC1CCCCCC1. The Morgan fingerprint density at radius 1 is 0.882 bits per heavy atom. The van der Waals surface area contributed by atoms with Gasteiger partial charge in [-0.25, -0.2) is 0 Å². The number of nitrogens with zero attached hydrogens (tertiary/aromatic N) is 1. The highest BCUT2D eigenvalue weighted by Gasteiger charge is 2.19. The molecule has 2 rings (SSSR count). The van der Waals surface area contributed by atoms with Crippen molar-refractivity contribution in [3.8, 4) is 0 Å². The molecule has 0 radical (unpaired) electrons. The standard InChI is InChI=1S/C15H30N2/c1-17-11-7-6-10-15(17)13-16-12-14-8-4-2-3-5-9-14/h14-16H,2-13H2,1H3. The summed E-state index contributed by atoms with van der Waals surface area (Å²) in [6.45, 7) is 3.78. The molecule has 2 heteroatoms. The summed E-state index contributed by atoms with van der Waals surface area (Å²) in [5.74, 6) is 0.964. The van der Waals surface area contributed by atoms with E-state index in [1.807, 2.05) is 0 Å². The second-order valence-corrected chi connectivity index (χ2v) is 6.15. The first kappa shape index (κ1) is 13.4. The molecule has 2 fully saturated rings. The predicted molar refractivity (Wildman–Crippen MR) is 74.3 cm³/mol. The largest absolute Gasteiger partial charge is 0.315 e. The molecule has 0 bridgehead atoms. The van der Waals surface area contributed by atoms with Crippen molar-refractivity contribution in [2.45, 2.75) is 63.8 Å². The van der Waals surface area contributed by atoms with Crippen molar-refractivity contribution in [1.29, 1.82) is 0 Å². The molecule has 0 spiro atoms. The Kier molecular flexibility index (Phi) is 5.79. The highest BCUT2D eigenvalue weighted by atomic mass is 15.2. The van der Waals surface area contributed by atoms with E-state index in [4.69, 9.17) is 0 Å². The van der Waals surface area contributed by atoms with Crippen molar-refractivity contribution in [2.24, 2.45) is 5.92 Å². The number of rotatable bonds is 4. The maximum Gasteiger partial charge on any atom is 0.0217 e. The molecule has 0 aromatic heterocycles. The average molecular weight is 238 g/mol. The van der Waals surface area contributed by atoms with E-state index in [1.54, 1.807) is 0 Å². The third-order valence-electron chi connectivity index (χ3n) is 4.71. The molecule has 1 aliphatic heterocycles. The molecular weight excluding hydrogens is 208 g/mol. The van der Waals surface area contributed by atoms with Gasteiger partial charge in [0.15, 0.2) is 0 Å². The zero-order valence-corrected chi connectivity index (χ0v) is 11.6. The van der Waals surface area contributed by atoms with E-state index >= 15 is 0 Å². The van der Waals surface area contributed by atoms with Crippen LogP contribution in [-0.4, -0.2) is 37.6 Å². The van der Waals surface area contributed by atoms with Crippen LogP contribution in [-0.2, 0) is 0 Å². The monoisotopic (exact) mass is 238 g/mol. The third-order valence-corrected chi connectivity index (χ3v) is 4.71. The highest BCUT2D eigenvalue weighted by Crippen LogP contribution is 2.22. The summed E-state index contributed by atoms with van der Waals surface area (Å²) in [7, 11) is 2.29. The maximum atomic E-state index is 3.74. The van der Waals surface area contributed by atoms with Gasteiger partial charge in [0.2, 0.25) is 0 Å². The molecule has 1 heterocycles. The molecule has 1 saturated carbocycles. The van der Waals surface area contributed by atoms with E-state index in [2.05, 4.69) is 17.3 Å². The minimum absolute atomic E-state index is 0.800. The summed E-state index contributed by atoms with van der Waals surface area (Å²) in [5, 5.41) is 3.74. The van der Waals surface area contributed by atoms with Crippen LogP contribution in [0.5, 0.6) is 0 Å². The third kappa shape index (κ3) is 4.59. The molecule has 0 amide bonds. The summed E-state index contributed by atoms with van der Waals surface area (Å²) in [6, 6.07) is 0.800. The summed E-state index contributed by atoms with van der Waals surface area (Å²) in [4.78, 5) is 2.55. The number of nitrogens with one attached hydrogen (secondary N) is 1. The van der Waals surface area contributed by atoms with Gasteiger partial charge < -0.3 is 10.2 Å². The molecule has 0 aromatic carbocycles. The first-order valence-electron chi connectivity index (χ1n) is 7.77. The van der Waals surface area contributed by atoms with E-state index < -0.39 is 0 Å². The zero-order chi connectivity index (χ0) is 11.9. The molecule has 17 heavy (non-hydrogen) atoms. The molecule has 1 atom stereocenters. The lowest BCUT2D eigenvalue weighted by molar-refractivity contribution is 0.179. The van der Waals surface area contributed by atoms with E-state index in [0.717, 1.165) is 12.0 Å². The van der Waals surface area contributed by atoms with Gasteiger partial charge in [-0.05, 0) is 51.7 Å². The van der Waals surface area contributed by atoms with Gasteiger partial charge in [0.1, 0.15) is 0 Å². The first-order chi connectivity index (χ1) is 8.36. The van der Waals surface area contributed by atoms with Crippen molar-refractivity contribution in [2.75, 3.05) is 26.7 Å². The molecule has 1 unspecified atom stereocenters. The Labute approximate surface area is 107 Å². The van der Waals surface area contributed by atoms with Gasteiger partial charge >= 0.3 is 0 Å². The molecule has 1 saturated heterocycles. The summed E-state index contributed by atoms with van der Waals surface area (Å²) < 4.78 is 0. The molecule has 2 aliphatic rings. The molecule has 1 N–H and O–H groups in total. The van der Waals surface area contributed by atoms with E-state index in [1.165, 1.54) is 77.4 Å². The van der Waals surface area contributed by atoms with Crippen LogP contribution in [0.3, 0.4) is 0 Å². The smallest absolute Gasteiger partial charge is 0.0217 e. The molecular formula is C15H30N2. The van der Waals surface area contributed by atoms with Crippen molar-refractivity contribution >= 4 is 0 Å². The number of piperidine rings is 1. The van der Waals surface area contributed by atoms with Crippen LogP contribution in [0.1, 0.15) is 57.8 Å². The van der Waals surface area contributed by atoms with Gasteiger partial charge in [0, 0.05) is 12.6 Å². The lowest BCUT2D eigenvalue weighted by Gasteiger charge is -2.33. The minimum Gasteiger partial charge on any atom is -0.315 e. The van der Waals surface area contributed by atoms with Gasteiger partial charge in [-0.15, -0.1) is 0 Å². The number of likely N-dealkylation sites (tertiary alicyclic amines) is 1. The fourth-order valence-electron chi connectivity index (χ4n) is 3.42. The van der Waals surface area contributed by atoms with Crippen LogP contribution in [0, 0.1) is 5.92 Å². The highest BCUT2D eigenvalue weighted by molar-refractivity contribution is 4.77. The van der Waals surface area contributed by atoms with E-state index in [9.17, 15) is 0 Å². The Hall–Kier alpha value is -0.0800. The molecule has 1 aliphatic carbocycles. The van der Waals surface area contributed by atoms with Gasteiger partial charge in [-0.2, -0.15) is 0 Å². The Morgan fingerprint density at radius 3 is 2.29 bits per heavy atom. The Morgan fingerprint density at radius 2 is 1.59 bits per heavy atom. The van der Waals surface area contributed by atoms with E-state index in [0.29, 0.717) is 0 Å². The molecule has 2 nitrogen and oxygen atoms in total. The van der Waals surface area contributed by atoms with E-state index in [-0.39, 0.29) is 0 Å². The minimum atomic E-state index is 0.800. The van der Waals surface area contributed by atoms with Crippen LogP contribution in [0.15, 0.2) is 0 Å². The lowest BCUT2D eigenvalue weighted by Crippen LogP contribution is -2.43. The van der Waals surface area contributed by atoms with Crippen LogP contribution >= 0.6 is 0 Å². The van der Waals surface area contributed by atoms with Crippen molar-refractivity contribution in [3.63, 3.8) is 0 Å². The number of likely N-dealkylation sites (N-methyl/N-ethyl adjacent to an activating group) is 1. The van der Waals surface area contributed by atoms with Gasteiger partial charge in [0.05, 0.1) is 0 Å². The first-order valence-corrected chi connectivity index (χ1v) is 7.77. The topological polar surface area (TPSA) is 15.3 Å². The second-order valence-electron chi connectivity index (χ2n) is 6.15. The van der Waals surface area contributed by atoms with Crippen molar-refractivity contribution < 1.29 is 0 Å². The van der Waals surface area contributed by atoms with Crippen molar-refractivity contribution in [3.05, 3.63) is 0 Å². The number of hydrogen-bond acceptors (Lipinski definition) is 2. The fourth-order valence-corrected chi connectivity index (χ4v) is 3.42. The fraction of sp³-hybridized carbons (Fsp3) is 1.00. The normalized spacial score (nSPS) is 29.1. The molecule has 0 aromatic rings. The second kappa shape index (κ2) is 7.38. The Bertz CT molecular complexity index is 197. The van der Waals surface area contributed by atoms with Gasteiger partial charge in [0.25, 0.3) is 0 Å². The van der Waals surface area contributed by atoms with Crippen LogP contribution in [0.4, 0.5) is 0 Å². The Balaban J connectivity index is 1.60. The van der Waals surface area contributed by atoms with Crippen molar-refractivity contribution in [1.82, 2.24) is 10.2 Å². The number of hydrogen-bond donors (Lipinski definition) is 1. The summed E-state index contributed by atoms with van der Waals surface area (Å²) >= 11 is 0. The predicted octanol–water partition coefficient (Wildman–Crippen LogP) is 3.03.